The molecule has 0 radical (unpaired) electrons. The maximum absolute atomic E-state index is 14.3. The van der Waals surface area contributed by atoms with Crippen LogP contribution in [0.5, 0.6) is 0 Å². The summed E-state index contributed by atoms with van der Waals surface area (Å²) in [6.45, 7) is 3.65. The molecule has 0 aliphatic carbocycles. The number of para-hydroxylation sites is 1. The van der Waals surface area contributed by atoms with E-state index in [2.05, 4.69) is 21.8 Å². The molecular formula is C31H25F3N4O. The van der Waals surface area contributed by atoms with Crippen LogP contribution in [-0.4, -0.2) is 21.0 Å². The quantitative estimate of drug-likeness (QED) is 0.230. The van der Waals surface area contributed by atoms with Gasteiger partial charge in [-0.2, -0.15) is 5.10 Å². The number of hydrogen-bond acceptors (Lipinski definition) is 4. The third-order valence-electron chi connectivity index (χ3n) is 6.64. The fourth-order valence-electron chi connectivity index (χ4n) is 4.90. The molecule has 5 aromatic rings. The highest BCUT2D eigenvalue weighted by atomic mass is 19.1. The van der Waals surface area contributed by atoms with Crippen molar-refractivity contribution in [3.63, 3.8) is 0 Å². The average molecular weight is 527 g/mol. The van der Waals surface area contributed by atoms with E-state index >= 15 is 0 Å². The Balaban J connectivity index is 1.53. The number of aromatic nitrogens is 3. The molecule has 2 heterocycles. The van der Waals surface area contributed by atoms with Gasteiger partial charge in [-0.3, -0.25) is 14.9 Å². The van der Waals surface area contributed by atoms with Crippen molar-refractivity contribution in [2.24, 2.45) is 5.73 Å². The second-order valence-electron chi connectivity index (χ2n) is 9.47. The first-order valence-electron chi connectivity index (χ1n) is 12.4. The number of aromatic amines is 1. The largest absolute Gasteiger partial charge is 0.399 e. The second-order valence-corrected chi connectivity index (χ2v) is 9.47. The topological polar surface area (TPSA) is 84.7 Å². The minimum Gasteiger partial charge on any atom is -0.399 e. The smallest absolute Gasteiger partial charge is 0.139 e. The van der Waals surface area contributed by atoms with Crippen LogP contribution in [-0.2, 0) is 17.6 Å². The number of benzene rings is 3. The number of ketones is 1. The van der Waals surface area contributed by atoms with E-state index in [0.717, 1.165) is 17.0 Å². The van der Waals surface area contributed by atoms with Crippen LogP contribution in [0.2, 0.25) is 0 Å². The first kappa shape index (κ1) is 25.9. The van der Waals surface area contributed by atoms with Crippen molar-refractivity contribution in [3.8, 4) is 11.1 Å². The van der Waals surface area contributed by atoms with Gasteiger partial charge in [0.1, 0.15) is 23.2 Å². The molecule has 5 nitrogen and oxygen atoms in total. The molecule has 0 saturated heterocycles. The molecule has 0 saturated carbocycles. The van der Waals surface area contributed by atoms with Crippen LogP contribution in [0, 0.1) is 17.5 Å². The number of carbonyl (C=O) groups excluding carboxylic acids is 1. The maximum atomic E-state index is 14.3. The van der Waals surface area contributed by atoms with Crippen molar-refractivity contribution < 1.29 is 18.0 Å². The Labute approximate surface area is 223 Å². The predicted octanol–water partition coefficient (Wildman–Crippen LogP) is 6.50. The number of Topliss-reactive ketones (excluding diaryl/α,β-unsaturated/α-hetero) is 1. The van der Waals surface area contributed by atoms with Crippen LogP contribution in [0.4, 0.5) is 13.2 Å². The molecule has 0 fully saturated rings. The number of pyridine rings is 1. The zero-order valence-electron chi connectivity index (χ0n) is 20.9. The van der Waals surface area contributed by atoms with E-state index in [1.807, 2.05) is 30.3 Å². The first-order valence-corrected chi connectivity index (χ1v) is 12.4. The van der Waals surface area contributed by atoms with Gasteiger partial charge in [0.05, 0.1) is 16.9 Å². The van der Waals surface area contributed by atoms with E-state index in [1.165, 1.54) is 18.2 Å². The van der Waals surface area contributed by atoms with Gasteiger partial charge in [-0.15, -0.1) is 0 Å². The molecule has 0 amide bonds. The Bertz CT molecular complexity index is 1670. The summed E-state index contributed by atoms with van der Waals surface area (Å²) in [5, 5.41) is 8.05. The van der Waals surface area contributed by atoms with Crippen LogP contribution in [0.3, 0.4) is 0 Å². The van der Waals surface area contributed by atoms with Gasteiger partial charge in [0.25, 0.3) is 0 Å². The summed E-state index contributed by atoms with van der Waals surface area (Å²) >= 11 is 0. The SMILES string of the molecule is C=C(N)c1cc(-c2cccnc2[C@@H](CC(=O)Cc2[nH]nc3ccccc23)Cc2cc(F)cc(F)c2)ccc1F. The van der Waals surface area contributed by atoms with E-state index in [0.29, 0.717) is 28.1 Å². The van der Waals surface area contributed by atoms with E-state index in [-0.39, 0.29) is 36.3 Å². The molecule has 1 atom stereocenters. The summed E-state index contributed by atoms with van der Waals surface area (Å²) in [4.78, 5) is 18.0. The number of nitrogens with two attached hydrogens (primary N) is 1. The molecular weight excluding hydrogens is 501 g/mol. The third kappa shape index (κ3) is 5.75. The fourth-order valence-corrected chi connectivity index (χ4v) is 4.90. The Morgan fingerprint density at radius 1 is 0.974 bits per heavy atom. The lowest BCUT2D eigenvalue weighted by molar-refractivity contribution is -0.118. The van der Waals surface area contributed by atoms with Crippen molar-refractivity contribution >= 4 is 22.4 Å². The van der Waals surface area contributed by atoms with Crippen molar-refractivity contribution in [1.82, 2.24) is 15.2 Å². The molecule has 196 valence electrons. The zero-order valence-corrected chi connectivity index (χ0v) is 20.9. The average Bonchev–Trinajstić information content (AvgIpc) is 3.30. The fraction of sp³-hybridized carbons (Fsp3) is 0.129. The molecule has 0 unspecified atom stereocenters. The van der Waals surface area contributed by atoms with Crippen LogP contribution in [0.25, 0.3) is 27.7 Å². The number of rotatable bonds is 9. The molecule has 0 aliphatic heterocycles. The first-order chi connectivity index (χ1) is 18.8. The minimum atomic E-state index is -0.704. The van der Waals surface area contributed by atoms with Gasteiger partial charge in [0.2, 0.25) is 0 Å². The number of nitrogens with one attached hydrogen (secondary N) is 1. The standard InChI is InChI=1S/C31H25F3N4O/c1-18(35)27-15-20(8-9-28(27)34)25-6-4-10-36-31(25)21(11-19-12-22(32)16-23(33)13-19)14-24(39)17-30-26-5-2-3-7-29(26)37-38-30/h2-10,12-13,15-16,21H,1,11,14,17,35H2,(H,37,38)/t21-/m1/s1. The van der Waals surface area contributed by atoms with E-state index < -0.39 is 23.4 Å². The van der Waals surface area contributed by atoms with Crippen LogP contribution < -0.4 is 5.73 Å². The van der Waals surface area contributed by atoms with E-state index in [4.69, 9.17) is 5.73 Å². The highest BCUT2D eigenvalue weighted by Gasteiger charge is 2.24. The summed E-state index contributed by atoms with van der Waals surface area (Å²) in [5.74, 6) is -2.54. The summed E-state index contributed by atoms with van der Waals surface area (Å²) in [6, 6.07) is 18.8. The lowest BCUT2D eigenvalue weighted by Gasteiger charge is -2.20. The molecule has 3 aromatic carbocycles. The third-order valence-corrected chi connectivity index (χ3v) is 6.64. The van der Waals surface area contributed by atoms with Gasteiger partial charge < -0.3 is 5.73 Å². The van der Waals surface area contributed by atoms with Crippen LogP contribution in [0.1, 0.15) is 34.9 Å². The van der Waals surface area contributed by atoms with E-state index in [9.17, 15) is 18.0 Å². The summed E-state index contributed by atoms with van der Waals surface area (Å²) < 4.78 is 42.5. The van der Waals surface area contributed by atoms with Gasteiger partial charge in [-0.05, 0) is 53.9 Å². The lowest BCUT2D eigenvalue weighted by Crippen LogP contribution is -2.15. The number of fused-ring (bicyclic) bond motifs is 1. The Kier molecular flexibility index (Phi) is 7.27. The maximum Gasteiger partial charge on any atom is 0.139 e. The summed E-state index contributed by atoms with van der Waals surface area (Å²) in [7, 11) is 0. The Morgan fingerprint density at radius 2 is 1.74 bits per heavy atom. The molecule has 3 N–H and O–H groups in total. The minimum absolute atomic E-state index is 0.0488. The molecule has 8 heteroatoms. The molecule has 5 rings (SSSR count). The Hall–Kier alpha value is -4.72. The molecule has 39 heavy (non-hydrogen) atoms. The highest BCUT2D eigenvalue weighted by molar-refractivity contribution is 5.88. The van der Waals surface area contributed by atoms with Gasteiger partial charge in [-0.25, -0.2) is 13.2 Å². The van der Waals surface area contributed by atoms with Crippen molar-refractivity contribution in [2.45, 2.75) is 25.2 Å². The Morgan fingerprint density at radius 3 is 2.51 bits per heavy atom. The van der Waals surface area contributed by atoms with Crippen molar-refractivity contribution in [3.05, 3.63) is 126 Å². The van der Waals surface area contributed by atoms with Gasteiger partial charge in [0.15, 0.2) is 0 Å². The summed E-state index contributed by atoms with van der Waals surface area (Å²) in [5.41, 5.74) is 9.69. The number of carbonyl (C=O) groups is 1. The van der Waals surface area contributed by atoms with E-state index in [1.54, 1.807) is 24.4 Å². The van der Waals surface area contributed by atoms with Gasteiger partial charge in [0, 0.05) is 53.2 Å². The van der Waals surface area contributed by atoms with Crippen molar-refractivity contribution in [2.75, 3.05) is 0 Å². The second kappa shape index (κ2) is 10.9. The van der Waals surface area contributed by atoms with Crippen molar-refractivity contribution in [1.29, 1.82) is 0 Å². The molecule has 0 aliphatic rings. The lowest BCUT2D eigenvalue weighted by atomic mass is 9.86. The number of H-pyrrole nitrogens is 1. The number of hydrogen-bond donors (Lipinski definition) is 2. The van der Waals surface area contributed by atoms with Crippen LogP contribution in [0.15, 0.2) is 85.6 Å². The molecule has 0 bridgehead atoms. The number of halogens is 3. The van der Waals surface area contributed by atoms with Crippen LogP contribution >= 0.6 is 0 Å². The van der Waals surface area contributed by atoms with Gasteiger partial charge >= 0.3 is 0 Å². The zero-order chi connectivity index (χ0) is 27.5. The normalized spacial score (nSPS) is 12.0. The molecule has 0 spiro atoms. The highest BCUT2D eigenvalue weighted by Crippen LogP contribution is 2.34. The number of nitrogens with zero attached hydrogens (tertiary/aromatic N) is 2. The molecule has 2 aromatic heterocycles. The predicted molar refractivity (Wildman–Crippen MR) is 145 cm³/mol. The van der Waals surface area contributed by atoms with Gasteiger partial charge in [-0.1, -0.05) is 36.9 Å². The summed E-state index contributed by atoms with van der Waals surface area (Å²) in [6.07, 6.45) is 1.90. The monoisotopic (exact) mass is 526 g/mol.